The molecule has 1 aromatic carbocycles. The Morgan fingerprint density at radius 1 is 1.23 bits per heavy atom. The number of H-pyrrole nitrogens is 1. The Hall–Kier alpha value is -2.78. The van der Waals surface area contributed by atoms with Gasteiger partial charge in [-0.15, -0.1) is 0 Å². The highest BCUT2D eigenvalue weighted by Gasteiger charge is 2.28. The number of benzene rings is 1. The fraction of sp³-hybridized carbons (Fsp3) is 0.545. The van der Waals surface area contributed by atoms with E-state index in [-0.39, 0.29) is 35.6 Å². The zero-order valence-electron chi connectivity index (χ0n) is 17.7. The zero-order chi connectivity index (χ0) is 21.8. The lowest BCUT2D eigenvalue weighted by molar-refractivity contribution is -0.127. The molecule has 2 aromatic rings. The van der Waals surface area contributed by atoms with Crippen LogP contribution in [0, 0.1) is 5.92 Å². The van der Waals surface area contributed by atoms with Crippen LogP contribution in [0.2, 0.25) is 0 Å². The number of carbonyl (C=O) groups is 2. The summed E-state index contributed by atoms with van der Waals surface area (Å²) in [5, 5.41) is 6.63. The molecule has 2 fully saturated rings. The average molecular weight is 428 g/mol. The second-order valence-electron chi connectivity index (χ2n) is 8.46. The number of rotatable bonds is 5. The van der Waals surface area contributed by atoms with Crippen molar-refractivity contribution in [2.45, 2.75) is 37.8 Å². The van der Waals surface area contributed by atoms with Gasteiger partial charge in [0.1, 0.15) is 5.69 Å². The van der Waals surface area contributed by atoms with Gasteiger partial charge >= 0.3 is 5.69 Å². The lowest BCUT2D eigenvalue weighted by Crippen LogP contribution is -2.47. The first kappa shape index (κ1) is 21.5. The average Bonchev–Trinajstić information content (AvgIpc) is 2.77. The topological polar surface area (TPSA) is 116 Å². The maximum Gasteiger partial charge on any atom is 0.346 e. The van der Waals surface area contributed by atoms with Gasteiger partial charge in [0.15, 0.2) is 0 Å². The maximum absolute atomic E-state index is 12.8. The zero-order valence-corrected chi connectivity index (χ0v) is 17.7. The molecule has 9 heteroatoms. The van der Waals surface area contributed by atoms with E-state index in [0.29, 0.717) is 49.7 Å². The number of likely N-dealkylation sites (N-methyl/N-ethyl adjacent to an activating group) is 1. The van der Waals surface area contributed by atoms with Crippen molar-refractivity contribution < 1.29 is 14.3 Å². The monoisotopic (exact) mass is 427 g/mol. The number of amides is 2. The summed E-state index contributed by atoms with van der Waals surface area (Å²) in [4.78, 5) is 45.9. The number of ether oxygens (including phenoxy) is 1. The number of para-hydroxylation sites is 1. The summed E-state index contributed by atoms with van der Waals surface area (Å²) in [5.41, 5.74) is 0.176. The molecule has 1 saturated heterocycles. The molecule has 9 nitrogen and oxygen atoms in total. The van der Waals surface area contributed by atoms with E-state index in [1.807, 2.05) is 0 Å². The summed E-state index contributed by atoms with van der Waals surface area (Å²) in [5.74, 6) is -0.342. The molecule has 31 heavy (non-hydrogen) atoms. The molecule has 1 aliphatic heterocycles. The van der Waals surface area contributed by atoms with Crippen LogP contribution in [-0.4, -0.2) is 72.1 Å². The number of nitrogens with zero attached hydrogens (tertiary/aromatic N) is 2. The van der Waals surface area contributed by atoms with Crippen molar-refractivity contribution in [3.8, 4) is 0 Å². The SMILES string of the molecule is CN1CCOC(CNC(=O)C2CCC(NC(=O)c3nc(=O)[nH]c4ccccc34)CC2)C1. The van der Waals surface area contributed by atoms with Gasteiger partial charge in [-0.1, -0.05) is 18.2 Å². The molecule has 1 unspecified atom stereocenters. The maximum atomic E-state index is 12.8. The first-order valence-corrected chi connectivity index (χ1v) is 10.9. The van der Waals surface area contributed by atoms with Crippen LogP contribution in [0.5, 0.6) is 0 Å². The van der Waals surface area contributed by atoms with Gasteiger partial charge in [0.05, 0.1) is 18.2 Å². The summed E-state index contributed by atoms with van der Waals surface area (Å²) in [6, 6.07) is 7.08. The second-order valence-corrected chi connectivity index (χ2v) is 8.46. The van der Waals surface area contributed by atoms with E-state index in [0.717, 1.165) is 13.1 Å². The van der Waals surface area contributed by atoms with E-state index in [2.05, 4.69) is 32.5 Å². The van der Waals surface area contributed by atoms with Crippen LogP contribution in [0.15, 0.2) is 29.1 Å². The third-order valence-electron chi connectivity index (χ3n) is 6.13. The molecule has 2 heterocycles. The number of nitrogens with one attached hydrogen (secondary N) is 3. The number of aromatic nitrogens is 2. The third-order valence-corrected chi connectivity index (χ3v) is 6.13. The van der Waals surface area contributed by atoms with Gasteiger partial charge in [0.25, 0.3) is 5.91 Å². The van der Waals surface area contributed by atoms with Crippen molar-refractivity contribution >= 4 is 22.7 Å². The van der Waals surface area contributed by atoms with E-state index >= 15 is 0 Å². The fourth-order valence-corrected chi connectivity index (χ4v) is 4.38. The first-order chi connectivity index (χ1) is 15.0. The molecule has 3 N–H and O–H groups in total. The molecule has 1 aliphatic carbocycles. The summed E-state index contributed by atoms with van der Waals surface area (Å²) in [7, 11) is 2.05. The Morgan fingerprint density at radius 2 is 2.00 bits per heavy atom. The highest BCUT2D eigenvalue weighted by atomic mass is 16.5. The van der Waals surface area contributed by atoms with Crippen LogP contribution in [-0.2, 0) is 9.53 Å². The summed E-state index contributed by atoms with van der Waals surface area (Å²) in [6.07, 6.45) is 2.90. The minimum atomic E-state index is -0.544. The lowest BCUT2D eigenvalue weighted by Gasteiger charge is -2.31. The van der Waals surface area contributed by atoms with E-state index < -0.39 is 5.69 Å². The van der Waals surface area contributed by atoms with Gasteiger partial charge in [0, 0.05) is 37.0 Å². The highest BCUT2D eigenvalue weighted by Crippen LogP contribution is 2.25. The summed E-state index contributed by atoms with van der Waals surface area (Å²) in [6.45, 7) is 2.97. The van der Waals surface area contributed by atoms with Crippen molar-refractivity contribution in [1.29, 1.82) is 0 Å². The molecule has 1 saturated carbocycles. The smallest absolute Gasteiger partial charge is 0.346 e. The van der Waals surface area contributed by atoms with Gasteiger partial charge in [-0.2, -0.15) is 4.98 Å². The Labute approximate surface area is 180 Å². The van der Waals surface area contributed by atoms with Crippen LogP contribution in [0.3, 0.4) is 0 Å². The Bertz CT molecular complexity index is 999. The Kier molecular flexibility index (Phi) is 6.62. The third kappa shape index (κ3) is 5.29. The van der Waals surface area contributed by atoms with Gasteiger partial charge in [-0.05, 0) is 38.8 Å². The predicted molar refractivity (Wildman–Crippen MR) is 116 cm³/mol. The summed E-state index contributed by atoms with van der Waals surface area (Å²) < 4.78 is 5.69. The number of hydrogen-bond donors (Lipinski definition) is 3. The van der Waals surface area contributed by atoms with Gasteiger partial charge in [0.2, 0.25) is 5.91 Å². The number of carbonyl (C=O) groups excluding carboxylic acids is 2. The van der Waals surface area contributed by atoms with Crippen molar-refractivity contribution in [2.24, 2.45) is 5.92 Å². The first-order valence-electron chi connectivity index (χ1n) is 10.9. The van der Waals surface area contributed by atoms with Crippen molar-refractivity contribution in [3.05, 3.63) is 40.4 Å². The van der Waals surface area contributed by atoms with Gasteiger partial charge < -0.3 is 25.3 Å². The molecule has 4 rings (SSSR count). The molecule has 1 atom stereocenters. The van der Waals surface area contributed by atoms with Crippen molar-refractivity contribution in [3.63, 3.8) is 0 Å². The summed E-state index contributed by atoms with van der Waals surface area (Å²) >= 11 is 0. The largest absolute Gasteiger partial charge is 0.374 e. The van der Waals surface area contributed by atoms with Crippen LogP contribution >= 0.6 is 0 Å². The van der Waals surface area contributed by atoms with Crippen molar-refractivity contribution in [2.75, 3.05) is 33.3 Å². The van der Waals surface area contributed by atoms with Crippen LogP contribution in [0.25, 0.3) is 10.9 Å². The normalized spacial score (nSPS) is 24.6. The minimum Gasteiger partial charge on any atom is -0.374 e. The number of aromatic amines is 1. The Morgan fingerprint density at radius 3 is 2.77 bits per heavy atom. The molecule has 0 radical (unpaired) electrons. The number of fused-ring (bicyclic) bond motifs is 1. The predicted octanol–water partition coefficient (Wildman–Crippen LogP) is 0.659. The van der Waals surface area contributed by atoms with Crippen molar-refractivity contribution in [1.82, 2.24) is 25.5 Å². The van der Waals surface area contributed by atoms with Gasteiger partial charge in [-0.3, -0.25) is 9.59 Å². The molecule has 0 bridgehead atoms. The number of hydrogen-bond acceptors (Lipinski definition) is 6. The van der Waals surface area contributed by atoms with Gasteiger partial charge in [-0.25, -0.2) is 4.79 Å². The Balaban J connectivity index is 1.28. The molecule has 2 aliphatic rings. The standard InChI is InChI=1S/C22H29N5O4/c1-27-10-11-31-16(13-27)12-23-20(28)14-6-8-15(9-7-14)24-21(29)19-17-4-2-3-5-18(17)25-22(30)26-19/h2-5,14-16H,6-13H2,1H3,(H,23,28)(H,24,29)(H,25,26,30). The fourth-order valence-electron chi connectivity index (χ4n) is 4.38. The van der Waals surface area contributed by atoms with E-state index in [1.165, 1.54) is 0 Å². The van der Waals surface area contributed by atoms with E-state index in [4.69, 9.17) is 4.74 Å². The molecular formula is C22H29N5O4. The molecular weight excluding hydrogens is 398 g/mol. The molecule has 1 aromatic heterocycles. The van der Waals surface area contributed by atoms with Crippen LogP contribution in [0.4, 0.5) is 0 Å². The second kappa shape index (κ2) is 9.57. The number of morpholine rings is 1. The lowest BCUT2D eigenvalue weighted by atomic mass is 9.85. The van der Waals surface area contributed by atoms with Crippen LogP contribution < -0.4 is 16.3 Å². The molecule has 2 amide bonds. The van der Waals surface area contributed by atoms with E-state index in [9.17, 15) is 14.4 Å². The molecule has 0 spiro atoms. The quantitative estimate of drug-likeness (QED) is 0.646. The minimum absolute atomic E-state index is 0.0354. The van der Waals surface area contributed by atoms with E-state index in [1.54, 1.807) is 24.3 Å². The highest BCUT2D eigenvalue weighted by molar-refractivity contribution is 6.04. The van der Waals surface area contributed by atoms with Crippen LogP contribution in [0.1, 0.15) is 36.2 Å². The molecule has 166 valence electrons.